The van der Waals surface area contributed by atoms with Crippen molar-refractivity contribution in [2.45, 2.75) is 83.6 Å². The van der Waals surface area contributed by atoms with E-state index in [1.807, 2.05) is 0 Å². The molecule has 2 aliphatic heterocycles. The first-order valence-corrected chi connectivity index (χ1v) is 8.11. The first-order valence-electron chi connectivity index (χ1n) is 8.11. The molecule has 0 aromatic heterocycles. The minimum atomic E-state index is -1.43. The zero-order valence-corrected chi connectivity index (χ0v) is 15.6. The molecule has 134 valence electrons. The molecule has 2 saturated heterocycles. The second kappa shape index (κ2) is 5.11. The maximum Gasteiger partial charge on any atom is 0.257 e. The molecule has 7 nitrogen and oxygen atoms in total. The Morgan fingerprint density at radius 1 is 0.958 bits per heavy atom. The van der Waals surface area contributed by atoms with Crippen LogP contribution < -0.4 is 0 Å². The van der Waals surface area contributed by atoms with Crippen molar-refractivity contribution in [3.05, 3.63) is 12.2 Å². The Hall–Kier alpha value is -1.28. The standard InChI is InChI=1S/C17H27N3O4/c1-11(2)12(21)18-13(22)17(20(24)16(18,7)8)9-14(3,4)19(23)15(5,6)10-17/h1,9-10H2,2-8H3. The monoisotopic (exact) mass is 337 g/mol. The van der Waals surface area contributed by atoms with E-state index >= 15 is 0 Å². The van der Waals surface area contributed by atoms with Gasteiger partial charge in [-0.3, -0.25) is 14.5 Å². The van der Waals surface area contributed by atoms with Crippen molar-refractivity contribution in [1.82, 2.24) is 15.0 Å². The SMILES string of the molecule is C=C(C)C(=O)N1C(=O)C2(CC(C)(C)N([O])C(C)(C)C2)N([O])C1(C)C. The number of carbonyl (C=O) groups is 2. The van der Waals surface area contributed by atoms with Crippen LogP contribution in [0.5, 0.6) is 0 Å². The van der Waals surface area contributed by atoms with Gasteiger partial charge in [-0.2, -0.15) is 0 Å². The van der Waals surface area contributed by atoms with Gasteiger partial charge in [-0.05, 0) is 61.3 Å². The molecule has 2 amide bonds. The first-order chi connectivity index (χ1) is 10.6. The minimum absolute atomic E-state index is 0.0681. The van der Waals surface area contributed by atoms with E-state index in [0.717, 1.165) is 15.0 Å². The number of hydrogen-bond acceptors (Lipinski definition) is 4. The van der Waals surface area contributed by atoms with Gasteiger partial charge in [-0.15, -0.1) is 20.5 Å². The Bertz CT molecular complexity index is 591. The third-order valence-corrected chi connectivity index (χ3v) is 5.15. The van der Waals surface area contributed by atoms with Gasteiger partial charge in [0.25, 0.3) is 11.8 Å². The molecule has 1 spiro atoms. The summed E-state index contributed by atoms with van der Waals surface area (Å²) in [6.07, 6.45) is 0.136. The summed E-state index contributed by atoms with van der Waals surface area (Å²) >= 11 is 0. The lowest BCUT2D eigenvalue weighted by Crippen LogP contribution is -2.68. The van der Waals surface area contributed by atoms with Crippen LogP contribution in [0.15, 0.2) is 12.2 Å². The Balaban J connectivity index is 2.60. The third-order valence-electron chi connectivity index (χ3n) is 5.15. The summed E-state index contributed by atoms with van der Waals surface area (Å²) in [5.41, 5.74) is -4.37. The number of nitrogens with zero attached hydrogens (tertiary/aromatic N) is 3. The van der Waals surface area contributed by atoms with E-state index in [-0.39, 0.29) is 18.4 Å². The largest absolute Gasteiger partial charge is 0.272 e. The van der Waals surface area contributed by atoms with Crippen molar-refractivity contribution in [2.24, 2.45) is 0 Å². The number of piperidine rings is 1. The maximum atomic E-state index is 13.2. The molecule has 0 atom stereocenters. The first kappa shape index (κ1) is 19.1. The topological polar surface area (TPSA) is 83.7 Å². The number of hydrogen-bond donors (Lipinski definition) is 0. The molecule has 0 aliphatic carbocycles. The van der Waals surface area contributed by atoms with Crippen molar-refractivity contribution >= 4 is 11.8 Å². The molecule has 0 unspecified atom stereocenters. The fourth-order valence-electron chi connectivity index (χ4n) is 4.44. The number of hydroxylamine groups is 4. The Morgan fingerprint density at radius 2 is 1.38 bits per heavy atom. The number of amides is 2. The Labute approximate surface area is 143 Å². The zero-order chi connectivity index (χ0) is 18.9. The summed E-state index contributed by atoms with van der Waals surface area (Å²) in [7, 11) is 0. The molecule has 0 aromatic carbocycles. The van der Waals surface area contributed by atoms with Gasteiger partial charge in [0.1, 0.15) is 11.2 Å². The van der Waals surface area contributed by atoms with E-state index in [9.17, 15) is 20.0 Å². The van der Waals surface area contributed by atoms with Gasteiger partial charge in [-0.1, -0.05) is 6.58 Å². The molecular formula is C17H27N3O4. The molecule has 0 N–H and O–H groups in total. The molecule has 0 bridgehead atoms. The van der Waals surface area contributed by atoms with E-state index in [0.29, 0.717) is 0 Å². The van der Waals surface area contributed by atoms with E-state index in [4.69, 9.17) is 0 Å². The molecule has 2 heterocycles. The van der Waals surface area contributed by atoms with Crippen LogP contribution in [0.1, 0.15) is 61.3 Å². The molecule has 0 aromatic rings. The van der Waals surface area contributed by atoms with Crippen molar-refractivity contribution in [2.75, 3.05) is 0 Å². The van der Waals surface area contributed by atoms with Crippen molar-refractivity contribution in [1.29, 1.82) is 0 Å². The number of rotatable bonds is 1. The molecule has 2 fully saturated rings. The summed E-state index contributed by atoms with van der Waals surface area (Å²) in [5, 5.41) is 27.5. The van der Waals surface area contributed by atoms with Crippen LogP contribution in [0.25, 0.3) is 0 Å². The highest BCUT2D eigenvalue weighted by atomic mass is 16.5. The van der Waals surface area contributed by atoms with Crippen LogP contribution in [-0.4, -0.2) is 49.1 Å². The van der Waals surface area contributed by atoms with Crippen LogP contribution in [0, 0.1) is 0 Å². The highest BCUT2D eigenvalue weighted by Gasteiger charge is 2.69. The van der Waals surface area contributed by atoms with E-state index in [1.54, 1.807) is 41.5 Å². The van der Waals surface area contributed by atoms with Gasteiger partial charge >= 0.3 is 0 Å². The fourth-order valence-corrected chi connectivity index (χ4v) is 4.44. The lowest BCUT2D eigenvalue weighted by atomic mass is 9.70. The third kappa shape index (κ3) is 2.34. The molecule has 7 heteroatoms. The molecule has 0 saturated carbocycles. The lowest BCUT2D eigenvalue weighted by molar-refractivity contribution is -0.335. The van der Waals surface area contributed by atoms with Crippen molar-refractivity contribution < 1.29 is 20.0 Å². The van der Waals surface area contributed by atoms with E-state index in [1.165, 1.54) is 6.92 Å². The molecule has 2 radical (unpaired) electrons. The van der Waals surface area contributed by atoms with E-state index in [2.05, 4.69) is 6.58 Å². The summed E-state index contributed by atoms with van der Waals surface area (Å²) in [5.74, 6) is -1.09. The Kier molecular flexibility index (Phi) is 4.06. The van der Waals surface area contributed by atoms with Crippen LogP contribution in [-0.2, 0) is 20.0 Å². The Morgan fingerprint density at radius 3 is 1.75 bits per heavy atom. The van der Waals surface area contributed by atoms with Gasteiger partial charge < -0.3 is 0 Å². The molecule has 2 rings (SSSR count). The minimum Gasteiger partial charge on any atom is -0.272 e. The van der Waals surface area contributed by atoms with Crippen LogP contribution in [0.3, 0.4) is 0 Å². The number of carbonyl (C=O) groups excluding carboxylic acids is 2. The molecule has 24 heavy (non-hydrogen) atoms. The van der Waals surface area contributed by atoms with E-state index < -0.39 is 34.1 Å². The van der Waals surface area contributed by atoms with Crippen molar-refractivity contribution in [3.63, 3.8) is 0 Å². The highest BCUT2D eigenvalue weighted by Crippen LogP contribution is 2.52. The number of imide groups is 1. The lowest BCUT2D eigenvalue weighted by Gasteiger charge is -2.54. The summed E-state index contributed by atoms with van der Waals surface area (Å²) in [6.45, 7) is 15.1. The van der Waals surface area contributed by atoms with Gasteiger partial charge in [0.15, 0.2) is 0 Å². The quantitative estimate of drug-likeness (QED) is 0.686. The second-order valence-corrected chi connectivity index (χ2v) is 8.82. The van der Waals surface area contributed by atoms with Crippen molar-refractivity contribution in [3.8, 4) is 0 Å². The van der Waals surface area contributed by atoms with Gasteiger partial charge in [0.2, 0.25) is 0 Å². The molecule has 2 aliphatic rings. The van der Waals surface area contributed by atoms with Crippen LogP contribution in [0.2, 0.25) is 0 Å². The summed E-state index contributed by atoms with van der Waals surface area (Å²) < 4.78 is 0. The predicted molar refractivity (Wildman–Crippen MR) is 85.9 cm³/mol. The van der Waals surface area contributed by atoms with Gasteiger partial charge in [-0.25, -0.2) is 0 Å². The fraction of sp³-hybridized carbons (Fsp3) is 0.765. The average Bonchev–Trinajstić information content (AvgIpc) is 2.54. The van der Waals surface area contributed by atoms with Crippen LogP contribution in [0.4, 0.5) is 0 Å². The van der Waals surface area contributed by atoms with Gasteiger partial charge in [0.05, 0.1) is 0 Å². The average molecular weight is 337 g/mol. The molecular weight excluding hydrogens is 310 g/mol. The smallest absolute Gasteiger partial charge is 0.257 e. The summed E-state index contributed by atoms with van der Waals surface area (Å²) in [6, 6.07) is 0. The van der Waals surface area contributed by atoms with Gasteiger partial charge in [0, 0.05) is 16.7 Å². The van der Waals surface area contributed by atoms with Crippen LogP contribution >= 0.6 is 0 Å². The zero-order valence-electron chi connectivity index (χ0n) is 15.6. The maximum absolute atomic E-state index is 13.2. The normalized spacial score (nSPS) is 28.4. The predicted octanol–water partition coefficient (Wildman–Crippen LogP) is 2.05. The second-order valence-electron chi connectivity index (χ2n) is 8.82. The highest BCUT2D eigenvalue weighted by molar-refractivity contribution is 6.08. The summed E-state index contributed by atoms with van der Waals surface area (Å²) in [4.78, 5) is 26.7.